The van der Waals surface area contributed by atoms with E-state index in [1.807, 2.05) is 18.7 Å². The highest BCUT2D eigenvalue weighted by Gasteiger charge is 2.35. The first-order valence-corrected chi connectivity index (χ1v) is 7.30. The first-order chi connectivity index (χ1) is 9.00. The van der Waals surface area contributed by atoms with Crippen LogP contribution in [-0.2, 0) is 9.59 Å². The van der Waals surface area contributed by atoms with E-state index in [-0.39, 0.29) is 11.8 Å². The molecule has 1 heterocycles. The summed E-state index contributed by atoms with van der Waals surface area (Å²) in [6, 6.07) is -0.463. The van der Waals surface area contributed by atoms with Crippen LogP contribution in [0.2, 0.25) is 0 Å². The fourth-order valence-corrected chi connectivity index (χ4v) is 2.58. The molecule has 3 N–H and O–H groups in total. The van der Waals surface area contributed by atoms with Crippen LogP contribution in [0.1, 0.15) is 46.5 Å². The van der Waals surface area contributed by atoms with Crippen LogP contribution in [0.25, 0.3) is 0 Å². The number of nitrogens with two attached hydrogens (primary N) is 1. The Morgan fingerprint density at radius 1 is 1.26 bits per heavy atom. The highest BCUT2D eigenvalue weighted by atomic mass is 16.2. The van der Waals surface area contributed by atoms with Crippen molar-refractivity contribution in [3.8, 4) is 0 Å². The van der Waals surface area contributed by atoms with E-state index in [2.05, 4.69) is 5.32 Å². The summed E-state index contributed by atoms with van der Waals surface area (Å²) in [6.45, 7) is 7.61. The fourth-order valence-electron chi connectivity index (χ4n) is 2.58. The second-order valence-electron chi connectivity index (χ2n) is 5.42. The van der Waals surface area contributed by atoms with Crippen LogP contribution in [0.15, 0.2) is 0 Å². The molecule has 0 bridgehead atoms. The number of hydrogen-bond acceptors (Lipinski definition) is 3. The molecule has 0 aromatic carbocycles. The van der Waals surface area contributed by atoms with Crippen molar-refractivity contribution >= 4 is 11.8 Å². The normalized spacial score (nSPS) is 17.4. The summed E-state index contributed by atoms with van der Waals surface area (Å²) in [5.41, 5.74) is 5.21. The molecule has 0 spiro atoms. The van der Waals surface area contributed by atoms with Crippen LogP contribution in [0.4, 0.5) is 0 Å². The summed E-state index contributed by atoms with van der Waals surface area (Å²) >= 11 is 0. The molecular formula is C14H27N3O2. The van der Waals surface area contributed by atoms with Gasteiger partial charge in [0.15, 0.2) is 0 Å². The number of hydrogen-bond donors (Lipinski definition) is 2. The number of amides is 2. The molecule has 0 aliphatic carbocycles. The lowest BCUT2D eigenvalue weighted by molar-refractivity contribution is -0.138. The number of rotatable bonds is 6. The average molecular weight is 269 g/mol. The average Bonchev–Trinajstić information content (AvgIpc) is 2.94. The largest absolute Gasteiger partial charge is 0.344 e. The van der Waals surface area contributed by atoms with E-state index < -0.39 is 11.5 Å². The van der Waals surface area contributed by atoms with Gasteiger partial charge in [-0.25, -0.2) is 0 Å². The predicted octanol–water partition coefficient (Wildman–Crippen LogP) is 0.879. The van der Waals surface area contributed by atoms with Gasteiger partial charge in [0.05, 0.1) is 5.41 Å². The van der Waals surface area contributed by atoms with Gasteiger partial charge in [0.2, 0.25) is 11.8 Å². The Morgan fingerprint density at radius 3 is 2.21 bits per heavy atom. The minimum atomic E-state index is -0.542. The van der Waals surface area contributed by atoms with Crippen molar-refractivity contribution in [1.29, 1.82) is 0 Å². The third-order valence-corrected chi connectivity index (χ3v) is 4.36. The minimum Gasteiger partial charge on any atom is -0.344 e. The third kappa shape index (κ3) is 3.47. The molecule has 1 saturated heterocycles. The highest BCUT2D eigenvalue weighted by Crippen LogP contribution is 2.25. The second-order valence-corrected chi connectivity index (χ2v) is 5.42. The Morgan fingerprint density at radius 2 is 1.79 bits per heavy atom. The van der Waals surface area contributed by atoms with Gasteiger partial charge in [-0.3, -0.25) is 9.59 Å². The van der Waals surface area contributed by atoms with Crippen LogP contribution in [0, 0.1) is 5.41 Å². The SMILES string of the molecule is CCC(CC)(CN)C(=O)NC(C)C(=O)N1CCCC1. The Kier molecular flexibility index (Phi) is 5.79. The third-order valence-electron chi connectivity index (χ3n) is 4.36. The summed E-state index contributed by atoms with van der Waals surface area (Å²) in [4.78, 5) is 26.3. The van der Waals surface area contributed by atoms with Crippen LogP contribution < -0.4 is 11.1 Å². The number of carbonyl (C=O) groups excluding carboxylic acids is 2. The van der Waals surface area contributed by atoms with Crippen molar-refractivity contribution in [3.05, 3.63) is 0 Å². The summed E-state index contributed by atoms with van der Waals surface area (Å²) in [7, 11) is 0. The maximum atomic E-state index is 12.3. The molecule has 110 valence electrons. The van der Waals surface area contributed by atoms with Crippen LogP contribution in [0.5, 0.6) is 0 Å². The van der Waals surface area contributed by atoms with E-state index in [0.29, 0.717) is 19.4 Å². The molecule has 1 atom stereocenters. The molecule has 0 radical (unpaired) electrons. The van der Waals surface area contributed by atoms with E-state index in [1.165, 1.54) is 0 Å². The molecule has 2 amide bonds. The van der Waals surface area contributed by atoms with Crippen molar-refractivity contribution in [2.75, 3.05) is 19.6 Å². The van der Waals surface area contributed by atoms with Gasteiger partial charge in [0.25, 0.3) is 0 Å². The molecule has 1 aliphatic heterocycles. The maximum absolute atomic E-state index is 12.3. The molecule has 0 aromatic heterocycles. The van der Waals surface area contributed by atoms with Crippen LogP contribution in [-0.4, -0.2) is 42.4 Å². The standard InChI is InChI=1S/C14H27N3O2/c1-4-14(5-2,10-15)13(19)16-11(3)12(18)17-8-6-7-9-17/h11H,4-10,15H2,1-3H3,(H,16,19). The summed E-state index contributed by atoms with van der Waals surface area (Å²) in [5, 5.41) is 2.84. The van der Waals surface area contributed by atoms with E-state index in [0.717, 1.165) is 25.9 Å². The smallest absolute Gasteiger partial charge is 0.244 e. The molecule has 0 saturated carbocycles. The van der Waals surface area contributed by atoms with Crippen molar-refractivity contribution in [3.63, 3.8) is 0 Å². The van der Waals surface area contributed by atoms with Crippen molar-refractivity contribution in [2.45, 2.75) is 52.5 Å². The van der Waals surface area contributed by atoms with Gasteiger partial charge in [0.1, 0.15) is 6.04 Å². The van der Waals surface area contributed by atoms with Crippen LogP contribution in [0.3, 0.4) is 0 Å². The van der Waals surface area contributed by atoms with Gasteiger partial charge in [-0.2, -0.15) is 0 Å². The Balaban J connectivity index is 2.62. The van der Waals surface area contributed by atoms with Crippen molar-refractivity contribution in [1.82, 2.24) is 10.2 Å². The van der Waals surface area contributed by atoms with Gasteiger partial charge in [-0.15, -0.1) is 0 Å². The first kappa shape index (κ1) is 16.0. The zero-order chi connectivity index (χ0) is 14.5. The van der Waals surface area contributed by atoms with E-state index in [4.69, 9.17) is 5.73 Å². The van der Waals surface area contributed by atoms with E-state index >= 15 is 0 Å². The molecule has 19 heavy (non-hydrogen) atoms. The van der Waals surface area contributed by atoms with Crippen LogP contribution >= 0.6 is 0 Å². The zero-order valence-corrected chi connectivity index (χ0v) is 12.4. The Bertz CT molecular complexity index is 312. The van der Waals surface area contributed by atoms with Crippen molar-refractivity contribution < 1.29 is 9.59 Å². The summed E-state index contributed by atoms with van der Waals surface area (Å²) < 4.78 is 0. The highest BCUT2D eigenvalue weighted by molar-refractivity contribution is 5.90. The number of carbonyl (C=O) groups is 2. The fraction of sp³-hybridized carbons (Fsp3) is 0.857. The van der Waals surface area contributed by atoms with Gasteiger partial charge in [-0.05, 0) is 32.6 Å². The lowest BCUT2D eigenvalue weighted by Gasteiger charge is -2.31. The van der Waals surface area contributed by atoms with E-state index in [9.17, 15) is 9.59 Å². The molecule has 1 fully saturated rings. The number of likely N-dealkylation sites (tertiary alicyclic amines) is 1. The molecule has 5 heteroatoms. The second kappa shape index (κ2) is 6.89. The summed E-state index contributed by atoms with van der Waals surface area (Å²) in [6.07, 6.45) is 3.50. The zero-order valence-electron chi connectivity index (χ0n) is 12.4. The number of nitrogens with zero attached hydrogens (tertiary/aromatic N) is 1. The molecule has 0 aromatic rings. The summed E-state index contributed by atoms with van der Waals surface area (Å²) in [5.74, 6) is -0.0796. The van der Waals surface area contributed by atoms with E-state index in [1.54, 1.807) is 6.92 Å². The molecule has 1 rings (SSSR count). The lowest BCUT2D eigenvalue weighted by Crippen LogP contribution is -2.52. The topological polar surface area (TPSA) is 75.4 Å². The Labute approximate surface area is 115 Å². The predicted molar refractivity (Wildman–Crippen MR) is 75.5 cm³/mol. The Hall–Kier alpha value is -1.10. The first-order valence-electron chi connectivity index (χ1n) is 7.30. The number of nitrogens with one attached hydrogen (secondary N) is 1. The van der Waals surface area contributed by atoms with Gasteiger partial charge < -0.3 is 16.0 Å². The van der Waals surface area contributed by atoms with Gasteiger partial charge >= 0.3 is 0 Å². The maximum Gasteiger partial charge on any atom is 0.244 e. The molecule has 5 nitrogen and oxygen atoms in total. The monoisotopic (exact) mass is 269 g/mol. The quantitative estimate of drug-likeness (QED) is 0.751. The van der Waals surface area contributed by atoms with Gasteiger partial charge in [-0.1, -0.05) is 13.8 Å². The van der Waals surface area contributed by atoms with Crippen molar-refractivity contribution in [2.24, 2.45) is 11.1 Å². The van der Waals surface area contributed by atoms with Gasteiger partial charge in [0, 0.05) is 19.6 Å². The molecule has 1 unspecified atom stereocenters. The molecular weight excluding hydrogens is 242 g/mol. The lowest BCUT2D eigenvalue weighted by atomic mass is 9.81. The minimum absolute atomic E-state index is 0.0176. The molecule has 1 aliphatic rings.